The Morgan fingerprint density at radius 1 is 1.14 bits per heavy atom. The summed E-state index contributed by atoms with van der Waals surface area (Å²) in [6.45, 7) is 0. The molecule has 0 spiro atoms. The van der Waals surface area contributed by atoms with Crippen LogP contribution in [0.3, 0.4) is 0 Å². The van der Waals surface area contributed by atoms with Crippen molar-refractivity contribution < 1.29 is 7.10 Å². The van der Waals surface area contributed by atoms with Crippen molar-refractivity contribution in [1.82, 2.24) is 0 Å². The Bertz CT molecular complexity index is 125. The third-order valence-electron chi connectivity index (χ3n) is 0.229. The molecule has 0 amide bonds. The zero-order valence-electron chi connectivity index (χ0n) is 3.06. The van der Waals surface area contributed by atoms with E-state index in [9.17, 15) is 7.10 Å². The summed E-state index contributed by atoms with van der Waals surface area (Å²) in [6, 6.07) is 0. The van der Waals surface area contributed by atoms with Gasteiger partial charge in [0.05, 0.1) is 0 Å². The summed E-state index contributed by atoms with van der Waals surface area (Å²) in [4.78, 5) is 1.31. The van der Waals surface area contributed by atoms with Gasteiger partial charge < -0.3 is 0 Å². The van der Waals surface area contributed by atoms with Crippen LogP contribution in [0.25, 0.3) is 0 Å². The van der Waals surface area contributed by atoms with E-state index < -0.39 is 13.8 Å². The van der Waals surface area contributed by atoms with Gasteiger partial charge in [0.25, 0.3) is 0 Å². The third kappa shape index (κ3) is 2.11. The Balaban J connectivity index is 4.00. The molecule has 0 aliphatic carbocycles. The molecule has 0 atom stereocenters. The topological polar surface area (TPSA) is 47.6 Å². The number of hydrogen-bond donors (Lipinski definition) is 0. The molecule has 0 aromatic rings. The van der Waals surface area contributed by atoms with Crippen molar-refractivity contribution in [2.45, 2.75) is 0 Å². The molecular formula is C2F2N2Se. The molecule has 0 heterocycles. The van der Waals surface area contributed by atoms with Crippen LogP contribution < -0.4 is 0 Å². The predicted molar refractivity (Wildman–Crippen MR) is 19.2 cm³/mol. The Morgan fingerprint density at radius 2 is 1.43 bits per heavy atom. The molecule has 5 heteroatoms. The third-order valence-corrected chi connectivity index (χ3v) is 1.19. The molecule has 0 fully saturated rings. The van der Waals surface area contributed by atoms with Gasteiger partial charge in [-0.1, -0.05) is 0 Å². The fraction of sp³-hybridized carbons (Fsp3) is 0. The van der Waals surface area contributed by atoms with E-state index in [1.807, 2.05) is 0 Å². The van der Waals surface area contributed by atoms with Crippen LogP contribution in [0.2, 0.25) is 0 Å². The zero-order chi connectivity index (χ0) is 5.91. The first kappa shape index (κ1) is 6.36. The fourth-order valence-corrected chi connectivity index (χ4v) is 0.106. The summed E-state index contributed by atoms with van der Waals surface area (Å²) in [7, 11) is 0. The number of halogens is 2. The quantitative estimate of drug-likeness (QED) is 0.495. The van der Waals surface area contributed by atoms with E-state index in [1.165, 1.54) is 0 Å². The number of nitriles is 2. The summed E-state index contributed by atoms with van der Waals surface area (Å²) in [5, 5.41) is 14.9. The molecule has 0 rings (SSSR count). The monoisotopic (exact) mass is 170 g/mol. The molecule has 0 bridgehead atoms. The van der Waals surface area contributed by atoms with E-state index in [4.69, 9.17) is 10.5 Å². The molecule has 0 aromatic carbocycles. The fourth-order valence-electron chi connectivity index (χ4n) is 0.0204. The summed E-state index contributed by atoms with van der Waals surface area (Å²) in [6.07, 6.45) is 0. The number of hydrogen-bond acceptors (Lipinski definition) is 2. The first-order valence-corrected chi connectivity index (χ1v) is 4.17. The van der Waals surface area contributed by atoms with Gasteiger partial charge in [0, 0.05) is 0 Å². The Kier molecular flexibility index (Phi) is 1.71. The summed E-state index contributed by atoms with van der Waals surface area (Å²) in [5.74, 6) is 0. The average molecular weight is 169 g/mol. The maximum atomic E-state index is 11.3. The molecule has 38 valence electrons. The van der Waals surface area contributed by atoms with Gasteiger partial charge in [-0.25, -0.2) is 0 Å². The second kappa shape index (κ2) is 1.88. The molecule has 2 nitrogen and oxygen atoms in total. The minimum atomic E-state index is -5.19. The van der Waals surface area contributed by atoms with Gasteiger partial charge in [0.1, 0.15) is 0 Å². The van der Waals surface area contributed by atoms with Crippen LogP contribution in [0, 0.1) is 20.5 Å². The van der Waals surface area contributed by atoms with Crippen molar-refractivity contribution in [3.05, 3.63) is 0 Å². The van der Waals surface area contributed by atoms with Gasteiger partial charge in [0.2, 0.25) is 0 Å². The van der Waals surface area contributed by atoms with Crippen LogP contribution in [-0.4, -0.2) is 13.8 Å². The van der Waals surface area contributed by atoms with E-state index in [0.717, 1.165) is 0 Å². The Labute approximate surface area is 42.1 Å². The van der Waals surface area contributed by atoms with Gasteiger partial charge in [-0.3, -0.25) is 0 Å². The molecule has 0 N–H and O–H groups in total. The second-order valence-electron chi connectivity index (χ2n) is 0.652. The maximum absolute atomic E-state index is 11.3. The normalized spacial score (nSPS) is 11.4. The molecule has 0 saturated carbocycles. The zero-order valence-corrected chi connectivity index (χ0v) is 4.77. The molecule has 7 heavy (non-hydrogen) atoms. The Morgan fingerprint density at radius 3 is 1.43 bits per heavy atom. The molecule has 0 radical (unpaired) electrons. The van der Waals surface area contributed by atoms with Crippen LogP contribution in [0.1, 0.15) is 0 Å². The van der Waals surface area contributed by atoms with Crippen LogP contribution >= 0.6 is 0 Å². The van der Waals surface area contributed by atoms with Gasteiger partial charge in [-0.2, -0.15) is 0 Å². The van der Waals surface area contributed by atoms with E-state index in [0.29, 0.717) is 9.94 Å². The van der Waals surface area contributed by atoms with Crippen LogP contribution in [-0.2, 0) is 0 Å². The Hall–Kier alpha value is -0.641. The van der Waals surface area contributed by atoms with Crippen LogP contribution in [0.15, 0.2) is 0 Å². The van der Waals surface area contributed by atoms with Gasteiger partial charge in [0.15, 0.2) is 0 Å². The molecule has 0 aliphatic rings. The van der Waals surface area contributed by atoms with Gasteiger partial charge >= 0.3 is 41.3 Å². The summed E-state index contributed by atoms with van der Waals surface area (Å²) >= 11 is -5.19. The van der Waals surface area contributed by atoms with Crippen LogP contribution in [0.4, 0.5) is 7.10 Å². The standard InChI is InChI=1S/C2F2N2Se/c3-7(4,1-5)2-6. The molecule has 0 saturated heterocycles. The van der Waals surface area contributed by atoms with Crippen LogP contribution in [0.5, 0.6) is 0 Å². The molecule has 0 aromatic heterocycles. The van der Waals surface area contributed by atoms with Gasteiger partial charge in [-0.05, 0) is 0 Å². The number of rotatable bonds is 0. The van der Waals surface area contributed by atoms with Crippen molar-refractivity contribution in [2.24, 2.45) is 0 Å². The SMILES string of the molecule is N#C[Se](F)(F)C#N. The average Bonchev–Trinajstić information content (AvgIpc) is 1.68. The predicted octanol–water partition coefficient (Wildman–Crippen LogP) is 0.493. The summed E-state index contributed by atoms with van der Waals surface area (Å²) in [5.41, 5.74) is 0. The second-order valence-corrected chi connectivity index (χ2v) is 3.39. The first-order valence-electron chi connectivity index (χ1n) is 1.16. The van der Waals surface area contributed by atoms with Gasteiger partial charge in [-0.15, -0.1) is 0 Å². The van der Waals surface area contributed by atoms with E-state index in [1.54, 1.807) is 0 Å². The minimum absolute atomic E-state index is 0.653. The van der Waals surface area contributed by atoms with Crippen molar-refractivity contribution in [1.29, 1.82) is 10.5 Å². The number of nitrogens with zero attached hydrogens (tertiary/aromatic N) is 2. The van der Waals surface area contributed by atoms with Crippen molar-refractivity contribution >= 4 is 13.8 Å². The van der Waals surface area contributed by atoms with E-state index in [-0.39, 0.29) is 0 Å². The van der Waals surface area contributed by atoms with Crippen molar-refractivity contribution in [3.8, 4) is 9.94 Å². The van der Waals surface area contributed by atoms with Crippen molar-refractivity contribution in [2.75, 3.05) is 0 Å². The van der Waals surface area contributed by atoms with E-state index in [2.05, 4.69) is 0 Å². The summed E-state index contributed by atoms with van der Waals surface area (Å²) < 4.78 is 22.6. The molecule has 0 aliphatic heterocycles. The molecular weight excluding hydrogens is 169 g/mol. The van der Waals surface area contributed by atoms with E-state index >= 15 is 0 Å². The van der Waals surface area contributed by atoms with Crippen molar-refractivity contribution in [3.63, 3.8) is 0 Å². The first-order chi connectivity index (χ1) is 3.12. The molecule has 0 unspecified atom stereocenters.